The number of methoxy groups -OCH3 is 1. The van der Waals surface area contributed by atoms with Gasteiger partial charge < -0.3 is 15.4 Å². The topological polar surface area (TPSA) is 101 Å². The molecule has 0 aliphatic carbocycles. The standard InChI is InChI=1S/C20H17F3N6O2S2/c1-31-13-7-11(20(21,22)23)6-12(8-13)28-18(30)29-19-25-9-14(33-19)2-4-24-17-16-15(3-5-32-16)26-10-27-17/h3,5-10H,2,4H2,1H3,(H,24,26,27)(H2,25,28,29,30). The highest BCUT2D eigenvalue weighted by atomic mass is 32.1. The van der Waals surface area contributed by atoms with Crippen LogP contribution in [0, 0.1) is 0 Å². The van der Waals surface area contributed by atoms with Crippen molar-refractivity contribution in [2.24, 2.45) is 0 Å². The Morgan fingerprint density at radius 3 is 2.79 bits per heavy atom. The van der Waals surface area contributed by atoms with Crippen LogP contribution in [-0.2, 0) is 12.6 Å². The van der Waals surface area contributed by atoms with Crippen molar-refractivity contribution < 1.29 is 22.7 Å². The van der Waals surface area contributed by atoms with Crippen molar-refractivity contribution in [3.63, 3.8) is 0 Å². The van der Waals surface area contributed by atoms with E-state index in [9.17, 15) is 18.0 Å². The molecule has 0 saturated carbocycles. The first-order valence-corrected chi connectivity index (χ1v) is 11.2. The van der Waals surface area contributed by atoms with Gasteiger partial charge in [0.1, 0.15) is 17.9 Å². The van der Waals surface area contributed by atoms with Gasteiger partial charge in [0.25, 0.3) is 0 Å². The molecule has 0 spiro atoms. The molecule has 0 fully saturated rings. The molecule has 4 rings (SSSR count). The minimum Gasteiger partial charge on any atom is -0.497 e. The second-order valence-corrected chi connectivity index (χ2v) is 8.72. The quantitative estimate of drug-likeness (QED) is 0.315. The first kappa shape index (κ1) is 22.7. The van der Waals surface area contributed by atoms with Crippen LogP contribution in [0.15, 0.2) is 42.2 Å². The van der Waals surface area contributed by atoms with Crippen molar-refractivity contribution in [3.05, 3.63) is 52.6 Å². The molecule has 0 aliphatic rings. The number of thiophene rings is 1. The fourth-order valence-electron chi connectivity index (χ4n) is 2.91. The van der Waals surface area contributed by atoms with Crippen molar-refractivity contribution in [2.45, 2.75) is 12.6 Å². The summed E-state index contributed by atoms with van der Waals surface area (Å²) in [5, 5.41) is 10.5. The summed E-state index contributed by atoms with van der Waals surface area (Å²) in [4.78, 5) is 25.8. The summed E-state index contributed by atoms with van der Waals surface area (Å²) in [5.74, 6) is 0.737. The summed E-state index contributed by atoms with van der Waals surface area (Å²) in [7, 11) is 1.25. The molecule has 13 heteroatoms. The van der Waals surface area contributed by atoms with Gasteiger partial charge in [0.05, 0.1) is 22.9 Å². The van der Waals surface area contributed by atoms with Crippen molar-refractivity contribution in [3.8, 4) is 5.75 Å². The van der Waals surface area contributed by atoms with Gasteiger partial charge in [-0.1, -0.05) is 0 Å². The van der Waals surface area contributed by atoms with Crippen LogP contribution in [0.4, 0.5) is 34.6 Å². The van der Waals surface area contributed by atoms with E-state index in [1.54, 1.807) is 17.5 Å². The zero-order valence-electron chi connectivity index (χ0n) is 17.1. The first-order chi connectivity index (χ1) is 15.8. The average molecular weight is 495 g/mol. The molecule has 3 aromatic heterocycles. The second kappa shape index (κ2) is 9.58. The summed E-state index contributed by atoms with van der Waals surface area (Å²) in [6.45, 7) is 0.599. The van der Waals surface area contributed by atoms with Gasteiger partial charge in [-0.25, -0.2) is 19.7 Å². The number of halogens is 3. The number of fused-ring (bicyclic) bond motifs is 1. The molecule has 1 aromatic carbocycles. The molecule has 3 heterocycles. The van der Waals surface area contributed by atoms with Crippen LogP contribution >= 0.6 is 22.7 Å². The van der Waals surface area contributed by atoms with Crippen molar-refractivity contribution in [2.75, 3.05) is 29.6 Å². The van der Waals surface area contributed by atoms with Crippen LogP contribution in [-0.4, -0.2) is 34.6 Å². The monoisotopic (exact) mass is 494 g/mol. The molecular weight excluding hydrogens is 477 g/mol. The second-order valence-electron chi connectivity index (χ2n) is 6.69. The summed E-state index contributed by atoms with van der Waals surface area (Å²) in [6.07, 6.45) is -0.788. The third kappa shape index (κ3) is 5.68. The van der Waals surface area contributed by atoms with Crippen LogP contribution in [0.25, 0.3) is 10.2 Å². The maximum atomic E-state index is 13.0. The highest BCUT2D eigenvalue weighted by Gasteiger charge is 2.31. The molecule has 0 saturated heterocycles. The average Bonchev–Trinajstić information content (AvgIpc) is 3.42. The van der Waals surface area contributed by atoms with Gasteiger partial charge in [-0.3, -0.25) is 5.32 Å². The SMILES string of the molecule is COc1cc(NC(=O)Nc2ncc(CCNc3ncnc4ccsc34)s2)cc(C(F)(F)F)c1. The fourth-order valence-corrected chi connectivity index (χ4v) is 4.53. The minimum atomic E-state index is -4.57. The number of ether oxygens (including phenoxy) is 1. The molecule has 0 bridgehead atoms. The molecule has 0 radical (unpaired) electrons. The molecule has 8 nitrogen and oxygen atoms in total. The van der Waals surface area contributed by atoms with Gasteiger partial charge in [0.15, 0.2) is 5.13 Å². The molecule has 0 unspecified atom stereocenters. The zero-order chi connectivity index (χ0) is 23.4. The Labute approximate surface area is 193 Å². The van der Waals surface area contributed by atoms with E-state index < -0.39 is 17.8 Å². The number of nitrogens with one attached hydrogen (secondary N) is 3. The van der Waals surface area contributed by atoms with E-state index in [0.29, 0.717) is 18.1 Å². The van der Waals surface area contributed by atoms with Crippen LogP contribution < -0.4 is 20.7 Å². The number of carbonyl (C=O) groups is 1. The van der Waals surface area contributed by atoms with Crippen LogP contribution in [0.2, 0.25) is 0 Å². The highest BCUT2D eigenvalue weighted by Crippen LogP contribution is 2.34. The summed E-state index contributed by atoms with van der Waals surface area (Å²) in [5.41, 5.74) is -0.0965. The van der Waals surface area contributed by atoms with E-state index >= 15 is 0 Å². The number of thiazole rings is 1. The molecule has 2 amide bonds. The maximum absolute atomic E-state index is 13.0. The van der Waals surface area contributed by atoms with Gasteiger partial charge in [0, 0.05) is 35.8 Å². The van der Waals surface area contributed by atoms with Crippen molar-refractivity contribution in [1.29, 1.82) is 0 Å². The largest absolute Gasteiger partial charge is 0.497 e. The van der Waals surface area contributed by atoms with Gasteiger partial charge in [-0.2, -0.15) is 13.2 Å². The zero-order valence-corrected chi connectivity index (χ0v) is 18.7. The molecule has 3 N–H and O–H groups in total. The summed E-state index contributed by atoms with van der Waals surface area (Å²) in [6, 6.07) is 4.20. The predicted molar refractivity (Wildman–Crippen MR) is 122 cm³/mol. The lowest BCUT2D eigenvalue weighted by Crippen LogP contribution is -2.19. The van der Waals surface area contributed by atoms with Gasteiger partial charge in [0.2, 0.25) is 0 Å². The molecule has 172 valence electrons. The smallest absolute Gasteiger partial charge is 0.416 e. The number of hydrogen-bond donors (Lipinski definition) is 3. The summed E-state index contributed by atoms with van der Waals surface area (Å²) < 4.78 is 45.0. The van der Waals surface area contributed by atoms with Crippen LogP contribution in [0.1, 0.15) is 10.4 Å². The number of rotatable bonds is 7. The number of hydrogen-bond acceptors (Lipinski definition) is 8. The molecule has 0 atom stereocenters. The molecule has 33 heavy (non-hydrogen) atoms. The number of amides is 2. The van der Waals surface area contributed by atoms with Gasteiger partial charge >= 0.3 is 12.2 Å². The maximum Gasteiger partial charge on any atom is 0.416 e. The van der Waals surface area contributed by atoms with E-state index in [2.05, 4.69) is 30.9 Å². The lowest BCUT2D eigenvalue weighted by Gasteiger charge is -2.12. The third-order valence-corrected chi connectivity index (χ3v) is 6.29. The van der Waals surface area contributed by atoms with Crippen LogP contribution in [0.3, 0.4) is 0 Å². The van der Waals surface area contributed by atoms with E-state index in [-0.39, 0.29) is 11.4 Å². The normalized spacial score (nSPS) is 11.4. The Morgan fingerprint density at radius 1 is 1.15 bits per heavy atom. The first-order valence-electron chi connectivity index (χ1n) is 9.53. The third-order valence-electron chi connectivity index (χ3n) is 4.41. The number of carbonyl (C=O) groups excluding carboxylic acids is 1. The number of benzene rings is 1. The molecule has 4 aromatic rings. The van der Waals surface area contributed by atoms with E-state index in [0.717, 1.165) is 33.0 Å². The van der Waals surface area contributed by atoms with Gasteiger partial charge in [-0.05, 0) is 23.6 Å². The van der Waals surface area contributed by atoms with Crippen molar-refractivity contribution >= 4 is 55.6 Å². The Balaban J connectivity index is 1.33. The summed E-state index contributed by atoms with van der Waals surface area (Å²) >= 11 is 2.82. The van der Waals surface area contributed by atoms with E-state index in [1.807, 2.05) is 11.4 Å². The lowest BCUT2D eigenvalue weighted by molar-refractivity contribution is -0.137. The molecule has 0 aliphatic heterocycles. The number of aromatic nitrogens is 3. The van der Waals surface area contributed by atoms with E-state index in [4.69, 9.17) is 4.74 Å². The number of anilines is 3. The number of alkyl halides is 3. The Morgan fingerprint density at radius 2 is 2.00 bits per heavy atom. The lowest BCUT2D eigenvalue weighted by atomic mass is 10.2. The Bertz CT molecular complexity index is 1270. The van der Waals surface area contributed by atoms with Crippen LogP contribution in [0.5, 0.6) is 5.75 Å². The van der Waals surface area contributed by atoms with E-state index in [1.165, 1.54) is 30.8 Å². The number of nitrogens with zero attached hydrogens (tertiary/aromatic N) is 3. The minimum absolute atomic E-state index is 0.0207. The Kier molecular flexibility index (Phi) is 6.60. The predicted octanol–water partition coefficient (Wildman–Crippen LogP) is 5.47. The highest BCUT2D eigenvalue weighted by molar-refractivity contribution is 7.17. The Hall–Kier alpha value is -3.45. The fraction of sp³-hybridized carbons (Fsp3) is 0.200. The van der Waals surface area contributed by atoms with Gasteiger partial charge in [-0.15, -0.1) is 22.7 Å². The molecular formula is C20H17F3N6O2S2. The van der Waals surface area contributed by atoms with Crippen molar-refractivity contribution in [1.82, 2.24) is 15.0 Å². The number of urea groups is 1.